The fraction of sp³-hybridized carbons (Fsp3) is 0.353. The van der Waals surface area contributed by atoms with Crippen LogP contribution < -0.4 is 10.6 Å². The molecule has 2 rings (SSSR count). The quantitative estimate of drug-likeness (QED) is 0.841. The van der Waals surface area contributed by atoms with Crippen LogP contribution in [-0.2, 0) is 0 Å². The molecule has 0 saturated carbocycles. The number of guanidine groups is 1. The van der Waals surface area contributed by atoms with E-state index in [1.54, 1.807) is 6.20 Å². The normalized spacial score (nSPS) is 19.8. The standard InChI is InChI=1S/C17H21N5/c1-11(2)13(4)21-17-20-10-12(3)16(22-17)14(9-18)15-7-5-6-8-19-15/h5-8,10-11,13H,1-4H3,(H2,20,21,22). The van der Waals surface area contributed by atoms with Crippen LogP contribution in [0.25, 0.3) is 5.57 Å². The molecule has 5 heteroatoms. The van der Waals surface area contributed by atoms with Crippen LogP contribution in [0.15, 0.2) is 46.9 Å². The van der Waals surface area contributed by atoms with Crippen LogP contribution in [0.4, 0.5) is 0 Å². The predicted octanol–water partition coefficient (Wildman–Crippen LogP) is 2.81. The zero-order valence-corrected chi connectivity index (χ0v) is 13.4. The average Bonchev–Trinajstić information content (AvgIpc) is 2.52. The van der Waals surface area contributed by atoms with E-state index in [1.807, 2.05) is 31.3 Å². The van der Waals surface area contributed by atoms with Crippen molar-refractivity contribution in [3.05, 3.63) is 47.6 Å². The van der Waals surface area contributed by atoms with Crippen LogP contribution >= 0.6 is 0 Å². The molecule has 2 N–H and O–H groups in total. The molecule has 1 aromatic rings. The molecule has 0 aromatic carbocycles. The minimum absolute atomic E-state index is 0.184. The van der Waals surface area contributed by atoms with Gasteiger partial charge >= 0.3 is 0 Å². The SMILES string of the molecule is CC1=CNC(=NC(C)C(C)C)NC1=C(C#N)c1ccccn1. The van der Waals surface area contributed by atoms with E-state index >= 15 is 0 Å². The van der Waals surface area contributed by atoms with Crippen molar-refractivity contribution >= 4 is 11.5 Å². The monoisotopic (exact) mass is 295 g/mol. The Morgan fingerprint density at radius 3 is 2.68 bits per heavy atom. The van der Waals surface area contributed by atoms with Crippen molar-refractivity contribution in [2.75, 3.05) is 0 Å². The van der Waals surface area contributed by atoms with Gasteiger partial charge in [-0.3, -0.25) is 4.98 Å². The van der Waals surface area contributed by atoms with Crippen molar-refractivity contribution in [1.29, 1.82) is 5.26 Å². The first-order valence-electron chi connectivity index (χ1n) is 7.37. The highest BCUT2D eigenvalue weighted by molar-refractivity contribution is 5.90. The maximum absolute atomic E-state index is 9.53. The lowest BCUT2D eigenvalue weighted by Gasteiger charge is -2.22. The van der Waals surface area contributed by atoms with Gasteiger partial charge in [0.15, 0.2) is 5.96 Å². The Labute approximate surface area is 131 Å². The molecule has 22 heavy (non-hydrogen) atoms. The molecular formula is C17H21N5. The molecule has 1 unspecified atom stereocenters. The predicted molar refractivity (Wildman–Crippen MR) is 88.5 cm³/mol. The smallest absolute Gasteiger partial charge is 0.200 e. The zero-order chi connectivity index (χ0) is 16.1. The Kier molecular flexibility index (Phi) is 4.95. The van der Waals surface area contributed by atoms with E-state index < -0.39 is 0 Å². The number of rotatable bonds is 3. The largest absolute Gasteiger partial charge is 0.332 e. The number of aliphatic imine (C=N–C) groups is 1. The lowest BCUT2D eigenvalue weighted by atomic mass is 10.0. The Balaban J connectivity index is 2.41. The maximum Gasteiger partial charge on any atom is 0.200 e. The minimum Gasteiger partial charge on any atom is -0.332 e. The number of aromatic nitrogens is 1. The van der Waals surface area contributed by atoms with Crippen LogP contribution in [0.2, 0.25) is 0 Å². The summed E-state index contributed by atoms with van der Waals surface area (Å²) in [6.45, 7) is 8.27. The van der Waals surface area contributed by atoms with Crippen LogP contribution in [-0.4, -0.2) is 17.0 Å². The Morgan fingerprint density at radius 2 is 2.09 bits per heavy atom. The number of nitriles is 1. The fourth-order valence-electron chi connectivity index (χ4n) is 1.94. The van der Waals surface area contributed by atoms with Gasteiger partial charge in [0.2, 0.25) is 0 Å². The summed E-state index contributed by atoms with van der Waals surface area (Å²) in [7, 11) is 0. The maximum atomic E-state index is 9.53. The van der Waals surface area contributed by atoms with Crippen LogP contribution in [0.3, 0.4) is 0 Å². The molecule has 0 fully saturated rings. The van der Waals surface area contributed by atoms with Gasteiger partial charge in [-0.05, 0) is 37.5 Å². The molecule has 0 aliphatic carbocycles. The molecule has 1 aromatic heterocycles. The van der Waals surface area contributed by atoms with Crippen LogP contribution in [0, 0.1) is 17.2 Å². The lowest BCUT2D eigenvalue weighted by molar-refractivity contribution is 0.528. The van der Waals surface area contributed by atoms with Crippen LogP contribution in [0.5, 0.6) is 0 Å². The summed E-state index contributed by atoms with van der Waals surface area (Å²) in [6.07, 6.45) is 3.54. The van der Waals surface area contributed by atoms with Gasteiger partial charge < -0.3 is 10.6 Å². The number of nitrogens with zero attached hydrogens (tertiary/aromatic N) is 3. The second kappa shape index (κ2) is 6.90. The van der Waals surface area contributed by atoms with E-state index in [9.17, 15) is 5.26 Å². The van der Waals surface area contributed by atoms with Gasteiger partial charge in [-0.25, -0.2) is 4.99 Å². The number of hydrogen-bond acceptors (Lipinski definition) is 3. The van der Waals surface area contributed by atoms with Crippen LogP contribution in [0.1, 0.15) is 33.4 Å². The van der Waals surface area contributed by atoms with Crippen molar-refractivity contribution in [2.45, 2.75) is 33.7 Å². The molecule has 114 valence electrons. The third-order valence-corrected chi connectivity index (χ3v) is 3.64. The van der Waals surface area contributed by atoms with E-state index in [-0.39, 0.29) is 6.04 Å². The van der Waals surface area contributed by atoms with Crippen molar-refractivity contribution in [2.24, 2.45) is 10.9 Å². The van der Waals surface area contributed by atoms with E-state index in [4.69, 9.17) is 0 Å². The van der Waals surface area contributed by atoms with Crippen molar-refractivity contribution < 1.29 is 0 Å². The summed E-state index contributed by atoms with van der Waals surface area (Å²) in [4.78, 5) is 8.88. The summed E-state index contributed by atoms with van der Waals surface area (Å²) >= 11 is 0. The number of nitrogens with one attached hydrogen (secondary N) is 2. The third-order valence-electron chi connectivity index (χ3n) is 3.64. The Hall–Kier alpha value is -2.61. The molecule has 1 aliphatic heterocycles. The molecule has 1 atom stereocenters. The van der Waals surface area contributed by atoms with Gasteiger partial charge in [-0.2, -0.15) is 5.26 Å². The third kappa shape index (κ3) is 3.53. The number of pyridine rings is 1. The molecule has 2 heterocycles. The van der Waals surface area contributed by atoms with Gasteiger partial charge in [0.25, 0.3) is 0 Å². The van der Waals surface area contributed by atoms with Crippen molar-refractivity contribution in [3.8, 4) is 6.07 Å². The Morgan fingerprint density at radius 1 is 1.32 bits per heavy atom. The molecular weight excluding hydrogens is 274 g/mol. The number of hydrogen-bond donors (Lipinski definition) is 2. The van der Waals surface area contributed by atoms with Gasteiger partial charge in [0.1, 0.15) is 11.6 Å². The highest BCUT2D eigenvalue weighted by Gasteiger charge is 2.18. The van der Waals surface area contributed by atoms with Gasteiger partial charge in [0.05, 0.1) is 17.4 Å². The summed E-state index contributed by atoms with van der Waals surface area (Å²) in [5.74, 6) is 1.10. The van der Waals surface area contributed by atoms with Gasteiger partial charge in [-0.15, -0.1) is 0 Å². The first kappa shape index (κ1) is 15.8. The van der Waals surface area contributed by atoms with E-state index in [0.29, 0.717) is 23.1 Å². The van der Waals surface area contributed by atoms with Gasteiger partial charge in [0, 0.05) is 12.4 Å². The second-order valence-electron chi connectivity index (χ2n) is 5.64. The fourth-order valence-corrected chi connectivity index (χ4v) is 1.94. The van der Waals surface area contributed by atoms with Gasteiger partial charge in [-0.1, -0.05) is 19.9 Å². The zero-order valence-electron chi connectivity index (χ0n) is 13.4. The molecule has 1 aliphatic rings. The first-order valence-corrected chi connectivity index (χ1v) is 7.37. The van der Waals surface area contributed by atoms with Crippen molar-refractivity contribution in [3.63, 3.8) is 0 Å². The molecule has 0 amide bonds. The molecule has 0 spiro atoms. The Bertz CT molecular complexity index is 662. The number of allylic oxidation sites excluding steroid dienone is 2. The molecule has 0 radical (unpaired) electrons. The second-order valence-corrected chi connectivity index (χ2v) is 5.64. The summed E-state index contributed by atoms with van der Waals surface area (Å²) in [6, 6.07) is 7.96. The highest BCUT2D eigenvalue weighted by atomic mass is 15.2. The summed E-state index contributed by atoms with van der Waals surface area (Å²) in [5, 5.41) is 15.9. The summed E-state index contributed by atoms with van der Waals surface area (Å²) in [5.41, 5.74) is 2.85. The highest BCUT2D eigenvalue weighted by Crippen LogP contribution is 2.21. The average molecular weight is 295 g/mol. The summed E-state index contributed by atoms with van der Waals surface area (Å²) < 4.78 is 0. The van der Waals surface area contributed by atoms with E-state index in [0.717, 1.165) is 11.3 Å². The van der Waals surface area contributed by atoms with E-state index in [2.05, 4.69) is 47.5 Å². The molecule has 0 saturated heterocycles. The lowest BCUT2D eigenvalue weighted by Crippen LogP contribution is -2.39. The molecule has 0 bridgehead atoms. The topological polar surface area (TPSA) is 73.1 Å². The van der Waals surface area contributed by atoms with E-state index in [1.165, 1.54) is 0 Å². The first-order chi connectivity index (χ1) is 10.5. The van der Waals surface area contributed by atoms with Crippen molar-refractivity contribution in [1.82, 2.24) is 15.6 Å². The minimum atomic E-state index is 0.184. The molecule has 5 nitrogen and oxygen atoms in total.